The summed E-state index contributed by atoms with van der Waals surface area (Å²) >= 11 is 0. The molecule has 150 valence electrons. The number of nitrogens with zero attached hydrogens (tertiary/aromatic N) is 1. The molecule has 0 unspecified atom stereocenters. The predicted octanol–water partition coefficient (Wildman–Crippen LogP) is 4.51. The molecule has 3 nitrogen and oxygen atoms in total. The van der Waals surface area contributed by atoms with Crippen molar-refractivity contribution in [3.8, 4) is 0 Å². The van der Waals surface area contributed by atoms with Gasteiger partial charge in [-0.1, -0.05) is 91.0 Å². The van der Waals surface area contributed by atoms with Crippen LogP contribution >= 0.6 is 0 Å². The van der Waals surface area contributed by atoms with Crippen molar-refractivity contribution in [3.05, 3.63) is 108 Å². The third-order valence-electron chi connectivity index (χ3n) is 6.15. The lowest BCUT2D eigenvalue weighted by atomic mass is 9.79. The minimum Gasteiger partial charge on any atom is -0.388 e. The maximum atomic E-state index is 12.1. The molecule has 1 fully saturated rings. The number of hydrogen-bond acceptors (Lipinski definition) is 3. The van der Waals surface area contributed by atoms with Gasteiger partial charge >= 0.3 is 0 Å². The highest BCUT2D eigenvalue weighted by Crippen LogP contribution is 2.40. The van der Waals surface area contributed by atoms with Gasteiger partial charge < -0.3 is 10.2 Å². The zero-order valence-electron chi connectivity index (χ0n) is 16.7. The highest BCUT2D eigenvalue weighted by molar-refractivity contribution is 5.38. The number of benzene rings is 3. The fourth-order valence-electron chi connectivity index (χ4n) is 4.63. The molecule has 0 spiro atoms. The van der Waals surface area contributed by atoms with Gasteiger partial charge in [-0.3, -0.25) is 4.90 Å². The molecule has 0 radical (unpaired) electrons. The predicted molar refractivity (Wildman–Crippen MR) is 116 cm³/mol. The molecule has 29 heavy (non-hydrogen) atoms. The molecule has 2 atom stereocenters. The average Bonchev–Trinajstić information content (AvgIpc) is 3.28. The first-order valence-corrected chi connectivity index (χ1v) is 10.5. The van der Waals surface area contributed by atoms with E-state index in [1.54, 1.807) is 0 Å². The molecule has 3 aromatic rings. The Morgan fingerprint density at radius 2 is 1.34 bits per heavy atom. The summed E-state index contributed by atoms with van der Waals surface area (Å²) in [5, 5.41) is 22.7. The summed E-state index contributed by atoms with van der Waals surface area (Å²) in [4.78, 5) is 2.35. The van der Waals surface area contributed by atoms with Gasteiger partial charge in [0.05, 0.1) is 6.10 Å². The molecular weight excluding hydrogens is 358 g/mol. The van der Waals surface area contributed by atoms with Crippen LogP contribution in [-0.4, -0.2) is 34.2 Å². The van der Waals surface area contributed by atoms with E-state index in [2.05, 4.69) is 4.90 Å². The third-order valence-corrected chi connectivity index (χ3v) is 6.15. The monoisotopic (exact) mass is 387 g/mol. The van der Waals surface area contributed by atoms with Crippen LogP contribution in [0.5, 0.6) is 0 Å². The van der Waals surface area contributed by atoms with Gasteiger partial charge in [0, 0.05) is 12.6 Å². The Hall–Kier alpha value is -2.46. The molecule has 1 aliphatic heterocycles. The van der Waals surface area contributed by atoms with Gasteiger partial charge in [0.25, 0.3) is 0 Å². The van der Waals surface area contributed by atoms with Crippen LogP contribution in [0.15, 0.2) is 91.0 Å². The Bertz CT molecular complexity index is 843. The Balaban J connectivity index is 1.59. The number of hydrogen-bond donors (Lipinski definition) is 2. The minimum atomic E-state index is -1.07. The third kappa shape index (κ3) is 4.13. The lowest BCUT2D eigenvalue weighted by Gasteiger charge is -2.40. The highest BCUT2D eigenvalue weighted by atomic mass is 16.3. The second-order valence-corrected chi connectivity index (χ2v) is 7.91. The van der Waals surface area contributed by atoms with Crippen LogP contribution in [0.2, 0.25) is 0 Å². The molecule has 0 bridgehead atoms. The van der Waals surface area contributed by atoms with E-state index in [-0.39, 0.29) is 6.04 Å². The SMILES string of the molecule is O[C@H](CCN1CCC[C@H]1C(O)(c1ccccc1)c1ccccc1)c1ccccc1. The van der Waals surface area contributed by atoms with Crippen molar-refractivity contribution in [1.82, 2.24) is 4.90 Å². The molecule has 0 aliphatic carbocycles. The van der Waals surface area contributed by atoms with Crippen molar-refractivity contribution in [1.29, 1.82) is 0 Å². The van der Waals surface area contributed by atoms with Crippen molar-refractivity contribution in [2.24, 2.45) is 0 Å². The van der Waals surface area contributed by atoms with Gasteiger partial charge in [-0.25, -0.2) is 0 Å². The van der Waals surface area contributed by atoms with Crippen molar-refractivity contribution in [3.63, 3.8) is 0 Å². The van der Waals surface area contributed by atoms with Crippen LogP contribution < -0.4 is 0 Å². The topological polar surface area (TPSA) is 43.7 Å². The summed E-state index contributed by atoms with van der Waals surface area (Å²) in [5.74, 6) is 0. The minimum absolute atomic E-state index is 0.0183. The Kier molecular flexibility index (Phi) is 6.10. The lowest BCUT2D eigenvalue weighted by Crippen LogP contribution is -2.48. The van der Waals surface area contributed by atoms with E-state index in [9.17, 15) is 10.2 Å². The Morgan fingerprint density at radius 1 is 0.828 bits per heavy atom. The number of aliphatic hydroxyl groups excluding tert-OH is 1. The van der Waals surface area contributed by atoms with Crippen LogP contribution in [0.1, 0.15) is 42.1 Å². The summed E-state index contributed by atoms with van der Waals surface area (Å²) in [6, 6.07) is 29.8. The van der Waals surface area contributed by atoms with E-state index in [0.717, 1.165) is 42.6 Å². The van der Waals surface area contributed by atoms with Gasteiger partial charge in [-0.2, -0.15) is 0 Å². The zero-order valence-corrected chi connectivity index (χ0v) is 16.7. The normalized spacial score (nSPS) is 18.6. The number of aliphatic hydroxyl groups is 2. The highest BCUT2D eigenvalue weighted by Gasteiger charge is 2.45. The summed E-state index contributed by atoms with van der Waals surface area (Å²) in [5.41, 5.74) is 1.72. The molecular formula is C26H29NO2. The molecule has 1 aliphatic rings. The van der Waals surface area contributed by atoms with Crippen molar-refractivity contribution in [2.45, 2.75) is 37.0 Å². The van der Waals surface area contributed by atoms with Crippen molar-refractivity contribution < 1.29 is 10.2 Å². The maximum Gasteiger partial charge on any atom is 0.130 e. The van der Waals surface area contributed by atoms with E-state index in [1.807, 2.05) is 91.0 Å². The van der Waals surface area contributed by atoms with Gasteiger partial charge in [0.2, 0.25) is 0 Å². The van der Waals surface area contributed by atoms with E-state index >= 15 is 0 Å². The van der Waals surface area contributed by atoms with Crippen LogP contribution in [0.25, 0.3) is 0 Å². The van der Waals surface area contributed by atoms with Gasteiger partial charge in [0.15, 0.2) is 0 Å². The average molecular weight is 388 g/mol. The Morgan fingerprint density at radius 3 is 1.90 bits per heavy atom. The summed E-state index contributed by atoms with van der Waals surface area (Å²) in [7, 11) is 0. The molecule has 3 heteroatoms. The summed E-state index contributed by atoms with van der Waals surface area (Å²) < 4.78 is 0. The van der Waals surface area contributed by atoms with Gasteiger partial charge in [-0.15, -0.1) is 0 Å². The number of likely N-dealkylation sites (tertiary alicyclic amines) is 1. The summed E-state index contributed by atoms with van der Waals surface area (Å²) in [6.07, 6.45) is 2.15. The molecule has 0 aromatic heterocycles. The first kappa shape index (κ1) is 19.8. The van der Waals surface area contributed by atoms with Crippen molar-refractivity contribution >= 4 is 0 Å². The van der Waals surface area contributed by atoms with Crippen LogP contribution in [0.4, 0.5) is 0 Å². The van der Waals surface area contributed by atoms with Gasteiger partial charge in [0.1, 0.15) is 5.60 Å². The molecule has 3 aromatic carbocycles. The van der Waals surface area contributed by atoms with E-state index in [4.69, 9.17) is 0 Å². The first-order chi connectivity index (χ1) is 14.2. The van der Waals surface area contributed by atoms with E-state index < -0.39 is 11.7 Å². The zero-order chi connectivity index (χ0) is 20.1. The second-order valence-electron chi connectivity index (χ2n) is 7.91. The quantitative estimate of drug-likeness (QED) is 0.627. The van der Waals surface area contributed by atoms with Crippen LogP contribution in [-0.2, 0) is 5.60 Å². The lowest BCUT2D eigenvalue weighted by molar-refractivity contribution is -0.00790. The van der Waals surface area contributed by atoms with Gasteiger partial charge in [-0.05, 0) is 42.5 Å². The second kappa shape index (κ2) is 8.91. The molecule has 4 rings (SSSR count). The van der Waals surface area contributed by atoms with E-state index in [1.165, 1.54) is 0 Å². The molecule has 1 saturated heterocycles. The molecule has 0 amide bonds. The Labute approximate surface area is 173 Å². The van der Waals surface area contributed by atoms with Crippen LogP contribution in [0.3, 0.4) is 0 Å². The summed E-state index contributed by atoms with van der Waals surface area (Å²) in [6.45, 7) is 1.69. The molecule has 0 saturated carbocycles. The smallest absolute Gasteiger partial charge is 0.130 e. The van der Waals surface area contributed by atoms with Crippen LogP contribution in [0, 0.1) is 0 Å². The number of rotatable bonds is 7. The fourth-order valence-corrected chi connectivity index (χ4v) is 4.63. The van der Waals surface area contributed by atoms with E-state index in [0.29, 0.717) is 6.42 Å². The first-order valence-electron chi connectivity index (χ1n) is 10.5. The van der Waals surface area contributed by atoms with Crippen molar-refractivity contribution in [2.75, 3.05) is 13.1 Å². The largest absolute Gasteiger partial charge is 0.388 e. The molecule has 1 heterocycles. The molecule has 2 N–H and O–H groups in total. The standard InChI is InChI=1S/C26H29NO2/c28-24(21-11-4-1-5-12-21)18-20-27-19-10-17-25(27)26(29,22-13-6-2-7-14-22)23-15-8-3-9-16-23/h1-9,11-16,24-25,28-29H,10,17-20H2/t24-,25+/m1/s1. The maximum absolute atomic E-state index is 12.1. The fraction of sp³-hybridized carbons (Fsp3) is 0.308.